The highest BCUT2D eigenvalue weighted by Crippen LogP contribution is 2.21. The van der Waals surface area contributed by atoms with Gasteiger partial charge in [0.15, 0.2) is 0 Å². The first-order valence-corrected chi connectivity index (χ1v) is 6.64. The van der Waals surface area contributed by atoms with Gasteiger partial charge in [-0.2, -0.15) is 0 Å². The van der Waals surface area contributed by atoms with Crippen LogP contribution in [0.5, 0.6) is 0 Å². The summed E-state index contributed by atoms with van der Waals surface area (Å²) in [6.07, 6.45) is 2.45. The van der Waals surface area contributed by atoms with Gasteiger partial charge in [-0.3, -0.25) is 0 Å². The molecule has 0 spiro atoms. The maximum absolute atomic E-state index is 11.7. The van der Waals surface area contributed by atoms with E-state index in [1.54, 1.807) is 13.2 Å². The maximum Gasteiger partial charge on any atom is 0.340 e. The van der Waals surface area contributed by atoms with Crippen molar-refractivity contribution in [3.63, 3.8) is 0 Å². The van der Waals surface area contributed by atoms with Crippen molar-refractivity contribution in [2.45, 2.75) is 26.3 Å². The summed E-state index contributed by atoms with van der Waals surface area (Å²) in [5.74, 6) is 0.244. The molecule has 6 heteroatoms. The molecule has 0 aromatic carbocycles. The number of carbonyl (C=O) groups excluding carboxylic acids is 1. The van der Waals surface area contributed by atoms with Crippen LogP contribution >= 0.6 is 0 Å². The summed E-state index contributed by atoms with van der Waals surface area (Å²) in [7, 11) is 2.99. The lowest BCUT2D eigenvalue weighted by Gasteiger charge is -2.29. The molecule has 1 atom stereocenters. The number of anilines is 2. The van der Waals surface area contributed by atoms with Gasteiger partial charge in [0.2, 0.25) is 0 Å². The molecule has 0 saturated heterocycles. The molecular formula is C14H23N3O3. The number of esters is 1. The topological polar surface area (TPSA) is 77.7 Å². The van der Waals surface area contributed by atoms with Gasteiger partial charge in [0, 0.05) is 19.7 Å². The second-order valence-corrected chi connectivity index (χ2v) is 4.56. The monoisotopic (exact) mass is 281 g/mol. The third-order valence-electron chi connectivity index (χ3n) is 3.28. The second kappa shape index (κ2) is 7.69. The third kappa shape index (κ3) is 3.84. The Balaban J connectivity index is 3.10. The standard InChI is InChI=1S/C14H23N3O3/c1-5-10(2)17(6-7-19-3)13-8-11(14(18)20-4)12(15)9-16-13/h8-10H,5-7,15H2,1-4H3. The zero-order valence-electron chi connectivity index (χ0n) is 12.5. The Morgan fingerprint density at radius 2 is 2.20 bits per heavy atom. The minimum atomic E-state index is -0.456. The summed E-state index contributed by atoms with van der Waals surface area (Å²) < 4.78 is 9.86. The van der Waals surface area contributed by atoms with Crippen LogP contribution in [0.1, 0.15) is 30.6 Å². The fourth-order valence-electron chi connectivity index (χ4n) is 1.87. The molecule has 2 N–H and O–H groups in total. The summed E-state index contributed by atoms with van der Waals surface area (Å²) in [4.78, 5) is 18.1. The minimum Gasteiger partial charge on any atom is -0.465 e. The molecule has 0 bridgehead atoms. The lowest BCUT2D eigenvalue weighted by Crippen LogP contribution is -2.36. The predicted octanol–water partition coefficient (Wildman–Crippen LogP) is 1.70. The van der Waals surface area contributed by atoms with Crippen molar-refractivity contribution in [1.29, 1.82) is 0 Å². The van der Waals surface area contributed by atoms with Crippen LogP contribution in [0.2, 0.25) is 0 Å². The average Bonchev–Trinajstić information content (AvgIpc) is 2.47. The Morgan fingerprint density at radius 3 is 2.75 bits per heavy atom. The molecule has 0 aliphatic rings. The summed E-state index contributed by atoms with van der Waals surface area (Å²) >= 11 is 0. The number of hydrogen-bond acceptors (Lipinski definition) is 6. The molecule has 1 rings (SSSR count). The number of nitrogens with zero attached hydrogens (tertiary/aromatic N) is 2. The number of aromatic nitrogens is 1. The summed E-state index contributed by atoms with van der Waals surface area (Å²) in [5.41, 5.74) is 6.42. The molecule has 20 heavy (non-hydrogen) atoms. The van der Waals surface area contributed by atoms with Crippen LogP contribution in [0.15, 0.2) is 12.3 Å². The largest absolute Gasteiger partial charge is 0.465 e. The molecule has 0 aliphatic heterocycles. The van der Waals surface area contributed by atoms with E-state index in [2.05, 4.69) is 23.7 Å². The summed E-state index contributed by atoms with van der Waals surface area (Å²) in [5, 5.41) is 0. The van der Waals surface area contributed by atoms with Crippen LogP contribution in [0, 0.1) is 0 Å². The maximum atomic E-state index is 11.7. The molecule has 6 nitrogen and oxygen atoms in total. The van der Waals surface area contributed by atoms with Crippen molar-refractivity contribution < 1.29 is 14.3 Å². The molecule has 1 heterocycles. The van der Waals surface area contributed by atoms with E-state index in [-0.39, 0.29) is 6.04 Å². The van der Waals surface area contributed by atoms with Crippen LogP contribution < -0.4 is 10.6 Å². The number of pyridine rings is 1. The molecule has 0 fully saturated rings. The van der Waals surface area contributed by atoms with Crippen LogP contribution in [0.3, 0.4) is 0 Å². The van der Waals surface area contributed by atoms with Gasteiger partial charge in [0.25, 0.3) is 0 Å². The van der Waals surface area contributed by atoms with Gasteiger partial charge in [0.1, 0.15) is 5.82 Å². The van der Waals surface area contributed by atoms with Crippen LogP contribution in [-0.4, -0.2) is 44.4 Å². The van der Waals surface area contributed by atoms with Gasteiger partial charge in [0.05, 0.1) is 31.2 Å². The fourth-order valence-corrected chi connectivity index (χ4v) is 1.87. The number of rotatable bonds is 7. The van der Waals surface area contributed by atoms with Crippen molar-refractivity contribution in [3.05, 3.63) is 17.8 Å². The molecular weight excluding hydrogens is 258 g/mol. The van der Waals surface area contributed by atoms with E-state index in [0.717, 1.165) is 6.42 Å². The zero-order valence-corrected chi connectivity index (χ0v) is 12.5. The first-order chi connectivity index (χ1) is 9.54. The highest BCUT2D eigenvalue weighted by Gasteiger charge is 2.18. The Morgan fingerprint density at radius 1 is 1.50 bits per heavy atom. The molecule has 1 aromatic rings. The van der Waals surface area contributed by atoms with E-state index >= 15 is 0 Å². The zero-order chi connectivity index (χ0) is 15.1. The van der Waals surface area contributed by atoms with Crippen LogP contribution in [0.4, 0.5) is 11.5 Å². The van der Waals surface area contributed by atoms with Crippen molar-refractivity contribution in [2.24, 2.45) is 0 Å². The molecule has 0 radical (unpaired) electrons. The Hall–Kier alpha value is -1.82. The van der Waals surface area contributed by atoms with Gasteiger partial charge >= 0.3 is 5.97 Å². The number of methoxy groups -OCH3 is 2. The van der Waals surface area contributed by atoms with Crippen LogP contribution in [0.25, 0.3) is 0 Å². The minimum absolute atomic E-state index is 0.284. The van der Waals surface area contributed by atoms with E-state index in [4.69, 9.17) is 15.2 Å². The molecule has 112 valence electrons. The Kier molecular flexibility index (Phi) is 6.24. The number of nitrogen functional groups attached to an aromatic ring is 1. The second-order valence-electron chi connectivity index (χ2n) is 4.56. The molecule has 1 aromatic heterocycles. The smallest absolute Gasteiger partial charge is 0.340 e. The normalized spacial score (nSPS) is 12.0. The van der Waals surface area contributed by atoms with E-state index in [9.17, 15) is 4.79 Å². The molecule has 0 saturated carbocycles. The van der Waals surface area contributed by atoms with Gasteiger partial charge in [-0.05, 0) is 19.4 Å². The van der Waals surface area contributed by atoms with Crippen molar-refractivity contribution >= 4 is 17.5 Å². The highest BCUT2D eigenvalue weighted by atomic mass is 16.5. The number of carbonyl (C=O) groups is 1. The molecule has 1 unspecified atom stereocenters. The van der Waals surface area contributed by atoms with Gasteiger partial charge in [-0.1, -0.05) is 6.92 Å². The average molecular weight is 281 g/mol. The SMILES string of the molecule is CCC(C)N(CCOC)c1cc(C(=O)OC)c(N)cn1. The van der Waals surface area contributed by atoms with Gasteiger partial charge in [-0.15, -0.1) is 0 Å². The quantitative estimate of drug-likeness (QED) is 0.766. The van der Waals surface area contributed by atoms with E-state index in [1.165, 1.54) is 13.3 Å². The van der Waals surface area contributed by atoms with E-state index in [0.29, 0.717) is 30.2 Å². The third-order valence-corrected chi connectivity index (χ3v) is 3.28. The van der Waals surface area contributed by atoms with Crippen LogP contribution in [-0.2, 0) is 9.47 Å². The van der Waals surface area contributed by atoms with Crippen molar-refractivity contribution in [1.82, 2.24) is 4.98 Å². The van der Waals surface area contributed by atoms with Gasteiger partial charge < -0.3 is 20.1 Å². The highest BCUT2D eigenvalue weighted by molar-refractivity contribution is 5.95. The lowest BCUT2D eigenvalue weighted by atomic mass is 10.2. The molecule has 0 aliphatic carbocycles. The number of nitrogens with two attached hydrogens (primary N) is 1. The van der Waals surface area contributed by atoms with Crippen molar-refractivity contribution in [3.8, 4) is 0 Å². The van der Waals surface area contributed by atoms with Gasteiger partial charge in [-0.25, -0.2) is 9.78 Å². The number of hydrogen-bond donors (Lipinski definition) is 1. The fraction of sp³-hybridized carbons (Fsp3) is 0.571. The van der Waals surface area contributed by atoms with E-state index in [1.807, 2.05) is 0 Å². The predicted molar refractivity (Wildman–Crippen MR) is 79.0 cm³/mol. The van der Waals surface area contributed by atoms with Crippen molar-refractivity contribution in [2.75, 3.05) is 38.0 Å². The Labute approximate surface area is 119 Å². The Bertz CT molecular complexity index is 451. The lowest BCUT2D eigenvalue weighted by molar-refractivity contribution is 0.0602. The number of ether oxygens (including phenoxy) is 2. The summed E-state index contributed by atoms with van der Waals surface area (Å²) in [6, 6.07) is 1.95. The summed E-state index contributed by atoms with van der Waals surface area (Å²) in [6.45, 7) is 5.49. The van der Waals surface area contributed by atoms with E-state index < -0.39 is 5.97 Å². The first-order valence-electron chi connectivity index (χ1n) is 6.64. The molecule has 0 amide bonds. The first kappa shape index (κ1) is 16.2.